The molecule has 0 aliphatic carbocycles. The monoisotopic (exact) mass is 364 g/mol. The van der Waals surface area contributed by atoms with Crippen molar-refractivity contribution < 1.29 is 18.6 Å². The van der Waals surface area contributed by atoms with Crippen molar-refractivity contribution in [2.24, 2.45) is 5.92 Å². The first-order valence-electron chi connectivity index (χ1n) is 8.27. The van der Waals surface area contributed by atoms with E-state index in [-0.39, 0.29) is 17.4 Å². The number of likely N-dealkylation sites (tertiary alicyclic amines) is 1. The summed E-state index contributed by atoms with van der Waals surface area (Å²) in [5.74, 6) is -0.0630. The molecule has 2 aromatic rings. The third-order valence-electron chi connectivity index (χ3n) is 4.76. The second-order valence-electron chi connectivity index (χ2n) is 6.95. The summed E-state index contributed by atoms with van der Waals surface area (Å²) < 4.78 is 25.3. The SMILES string of the molecule is CN(C)S(=O)(=O)C[C@@H]1CN(Cc2ccc3cc(O)ccc3c2)C[C@H]1O. The highest BCUT2D eigenvalue weighted by atomic mass is 32.2. The molecule has 0 unspecified atom stereocenters. The van der Waals surface area contributed by atoms with Crippen LogP contribution in [0.2, 0.25) is 0 Å². The third-order valence-corrected chi connectivity index (χ3v) is 6.72. The summed E-state index contributed by atoms with van der Waals surface area (Å²) in [5.41, 5.74) is 1.10. The molecule has 0 aromatic heterocycles. The fourth-order valence-corrected chi connectivity index (χ4v) is 4.46. The molecule has 1 fully saturated rings. The van der Waals surface area contributed by atoms with E-state index in [4.69, 9.17) is 0 Å². The number of hydrogen-bond donors (Lipinski definition) is 2. The molecule has 7 heteroatoms. The van der Waals surface area contributed by atoms with E-state index in [0.717, 1.165) is 16.3 Å². The standard InChI is InChI=1S/C18H24N2O4S/c1-19(2)25(23,24)12-16-10-20(11-18(16)22)9-13-3-4-15-8-17(21)6-5-14(15)7-13/h3-8,16,18,21-22H,9-12H2,1-2H3/t16-,18+/m0/s1. The number of aliphatic hydroxyl groups excluding tert-OH is 1. The number of fused-ring (bicyclic) bond motifs is 1. The van der Waals surface area contributed by atoms with Crippen molar-refractivity contribution in [3.8, 4) is 5.75 Å². The van der Waals surface area contributed by atoms with Gasteiger partial charge in [-0.05, 0) is 34.5 Å². The fraction of sp³-hybridized carbons (Fsp3) is 0.444. The fourth-order valence-electron chi connectivity index (χ4n) is 3.29. The topological polar surface area (TPSA) is 81.1 Å². The number of phenols is 1. The Labute approximate surface area is 148 Å². The zero-order valence-electron chi connectivity index (χ0n) is 14.5. The minimum atomic E-state index is -3.32. The number of benzene rings is 2. The largest absolute Gasteiger partial charge is 0.508 e. The molecule has 0 spiro atoms. The quantitative estimate of drug-likeness (QED) is 0.834. The summed E-state index contributed by atoms with van der Waals surface area (Å²) in [5, 5.41) is 21.8. The Hall–Kier alpha value is -1.67. The van der Waals surface area contributed by atoms with Crippen molar-refractivity contribution in [1.82, 2.24) is 9.21 Å². The Bertz CT molecular complexity index is 867. The molecule has 0 bridgehead atoms. The van der Waals surface area contributed by atoms with E-state index in [9.17, 15) is 18.6 Å². The first kappa shape index (κ1) is 18.1. The lowest BCUT2D eigenvalue weighted by molar-refractivity contribution is 0.148. The first-order chi connectivity index (χ1) is 11.7. The van der Waals surface area contributed by atoms with E-state index in [1.807, 2.05) is 18.2 Å². The molecule has 25 heavy (non-hydrogen) atoms. The van der Waals surface area contributed by atoms with E-state index < -0.39 is 16.1 Å². The molecular weight excluding hydrogens is 340 g/mol. The number of rotatable bonds is 5. The Balaban J connectivity index is 1.69. The van der Waals surface area contributed by atoms with Gasteiger partial charge in [0.25, 0.3) is 0 Å². The maximum absolute atomic E-state index is 12.0. The maximum atomic E-state index is 12.0. The van der Waals surface area contributed by atoms with Gasteiger partial charge in [0, 0.05) is 39.6 Å². The number of sulfonamides is 1. The van der Waals surface area contributed by atoms with Crippen LogP contribution < -0.4 is 0 Å². The van der Waals surface area contributed by atoms with Gasteiger partial charge in [0.1, 0.15) is 5.75 Å². The summed E-state index contributed by atoms with van der Waals surface area (Å²) in [6.07, 6.45) is -0.632. The van der Waals surface area contributed by atoms with E-state index in [0.29, 0.717) is 19.6 Å². The molecule has 6 nitrogen and oxygen atoms in total. The van der Waals surface area contributed by atoms with Crippen LogP contribution in [0.15, 0.2) is 36.4 Å². The molecule has 0 amide bonds. The molecular formula is C18H24N2O4S. The van der Waals surface area contributed by atoms with Crippen molar-refractivity contribution in [2.75, 3.05) is 32.9 Å². The normalized spacial score (nSPS) is 22.1. The lowest BCUT2D eigenvalue weighted by Gasteiger charge is -2.18. The van der Waals surface area contributed by atoms with Crippen molar-refractivity contribution in [2.45, 2.75) is 12.6 Å². The molecule has 2 atom stereocenters. The summed E-state index contributed by atoms with van der Waals surface area (Å²) in [7, 11) is -0.290. The van der Waals surface area contributed by atoms with Gasteiger partial charge in [0.15, 0.2) is 0 Å². The van der Waals surface area contributed by atoms with Gasteiger partial charge < -0.3 is 10.2 Å². The van der Waals surface area contributed by atoms with E-state index >= 15 is 0 Å². The molecule has 1 saturated heterocycles. The van der Waals surface area contributed by atoms with Gasteiger partial charge in [-0.25, -0.2) is 12.7 Å². The smallest absolute Gasteiger partial charge is 0.214 e. The zero-order chi connectivity index (χ0) is 18.2. The molecule has 1 heterocycles. The molecule has 0 saturated carbocycles. The van der Waals surface area contributed by atoms with Crippen LogP contribution >= 0.6 is 0 Å². The van der Waals surface area contributed by atoms with Crippen molar-refractivity contribution >= 4 is 20.8 Å². The summed E-state index contributed by atoms with van der Waals surface area (Å²) in [4.78, 5) is 2.09. The van der Waals surface area contributed by atoms with Gasteiger partial charge in [0.05, 0.1) is 11.9 Å². The van der Waals surface area contributed by atoms with Crippen LogP contribution in [0.5, 0.6) is 5.75 Å². The number of aromatic hydroxyl groups is 1. The number of nitrogens with zero attached hydrogens (tertiary/aromatic N) is 2. The highest BCUT2D eigenvalue weighted by Crippen LogP contribution is 2.25. The van der Waals surface area contributed by atoms with Crippen LogP contribution in [-0.4, -0.2) is 66.9 Å². The molecule has 0 radical (unpaired) electrons. The molecule has 2 N–H and O–H groups in total. The summed E-state index contributed by atoms with van der Waals surface area (Å²) in [6, 6.07) is 11.3. The predicted molar refractivity (Wildman–Crippen MR) is 97.9 cm³/mol. The highest BCUT2D eigenvalue weighted by molar-refractivity contribution is 7.89. The Morgan fingerprint density at radius 2 is 1.80 bits per heavy atom. The lowest BCUT2D eigenvalue weighted by atomic mass is 10.1. The minimum Gasteiger partial charge on any atom is -0.508 e. The molecule has 136 valence electrons. The maximum Gasteiger partial charge on any atom is 0.214 e. The highest BCUT2D eigenvalue weighted by Gasteiger charge is 2.35. The van der Waals surface area contributed by atoms with Gasteiger partial charge >= 0.3 is 0 Å². The Morgan fingerprint density at radius 1 is 1.12 bits per heavy atom. The van der Waals surface area contributed by atoms with Gasteiger partial charge in [-0.15, -0.1) is 0 Å². The van der Waals surface area contributed by atoms with Crippen LogP contribution in [0.3, 0.4) is 0 Å². The van der Waals surface area contributed by atoms with Crippen molar-refractivity contribution in [1.29, 1.82) is 0 Å². The molecule has 3 rings (SSSR count). The number of hydrogen-bond acceptors (Lipinski definition) is 5. The van der Waals surface area contributed by atoms with Crippen LogP contribution in [-0.2, 0) is 16.6 Å². The van der Waals surface area contributed by atoms with Crippen LogP contribution in [0.25, 0.3) is 10.8 Å². The Kier molecular flexibility index (Phi) is 5.02. The second kappa shape index (κ2) is 6.92. The van der Waals surface area contributed by atoms with Crippen molar-refractivity contribution in [3.05, 3.63) is 42.0 Å². The van der Waals surface area contributed by atoms with E-state index in [1.54, 1.807) is 12.1 Å². The summed E-state index contributed by atoms with van der Waals surface area (Å²) >= 11 is 0. The van der Waals surface area contributed by atoms with E-state index in [1.165, 1.54) is 18.4 Å². The first-order valence-corrected chi connectivity index (χ1v) is 9.88. The van der Waals surface area contributed by atoms with Crippen LogP contribution in [0.1, 0.15) is 5.56 Å². The minimum absolute atomic E-state index is 0.0331. The number of phenolic OH excluding ortho intramolecular Hbond substituents is 1. The lowest BCUT2D eigenvalue weighted by Crippen LogP contribution is -2.33. The van der Waals surface area contributed by atoms with Crippen molar-refractivity contribution in [3.63, 3.8) is 0 Å². The zero-order valence-corrected chi connectivity index (χ0v) is 15.3. The number of β-amino-alcohol motifs (C(OH)–C–C–N with tert-alkyl or cyclic N) is 1. The van der Waals surface area contributed by atoms with Crippen LogP contribution in [0.4, 0.5) is 0 Å². The average molecular weight is 364 g/mol. The third kappa shape index (κ3) is 4.12. The van der Waals surface area contributed by atoms with Gasteiger partial charge in [-0.2, -0.15) is 0 Å². The predicted octanol–water partition coefficient (Wildman–Crippen LogP) is 1.23. The van der Waals surface area contributed by atoms with E-state index in [2.05, 4.69) is 11.0 Å². The van der Waals surface area contributed by atoms with Gasteiger partial charge in [-0.1, -0.05) is 18.2 Å². The second-order valence-corrected chi connectivity index (χ2v) is 9.18. The van der Waals surface area contributed by atoms with Crippen LogP contribution in [0, 0.1) is 5.92 Å². The summed E-state index contributed by atoms with van der Waals surface area (Å²) in [6.45, 7) is 1.69. The van der Waals surface area contributed by atoms with Gasteiger partial charge in [-0.3, -0.25) is 4.90 Å². The number of aliphatic hydroxyl groups is 1. The molecule has 2 aromatic carbocycles. The molecule has 1 aliphatic heterocycles. The van der Waals surface area contributed by atoms with Gasteiger partial charge in [0.2, 0.25) is 10.0 Å². The Morgan fingerprint density at radius 3 is 2.52 bits per heavy atom. The average Bonchev–Trinajstić information content (AvgIpc) is 2.86. The molecule has 1 aliphatic rings.